The Morgan fingerprint density at radius 1 is 1.50 bits per heavy atom. The molecule has 0 spiro atoms. The third-order valence-corrected chi connectivity index (χ3v) is 3.01. The number of rotatable bonds is 1. The Kier molecular flexibility index (Phi) is 4.52. The number of imidazole rings is 1. The van der Waals surface area contributed by atoms with Crippen molar-refractivity contribution in [1.82, 2.24) is 14.5 Å². The second-order valence-corrected chi connectivity index (χ2v) is 4.59. The Morgan fingerprint density at radius 3 is 2.38 bits per heavy atom. The molecule has 2 rings (SSSR count). The summed E-state index contributed by atoms with van der Waals surface area (Å²) in [5.41, 5.74) is 0. The summed E-state index contributed by atoms with van der Waals surface area (Å²) in [5.74, 6) is -0.0231. The Labute approximate surface area is 105 Å². The first-order valence-electron chi connectivity index (χ1n) is 4.03. The van der Waals surface area contributed by atoms with Crippen LogP contribution in [0.1, 0.15) is 0 Å². The van der Waals surface area contributed by atoms with Crippen LogP contribution < -0.4 is 0 Å². The van der Waals surface area contributed by atoms with Crippen LogP contribution in [0.5, 0.6) is 0 Å². The lowest BCUT2D eigenvalue weighted by Gasteiger charge is -1.90. The summed E-state index contributed by atoms with van der Waals surface area (Å²) in [6, 6.07) is 0. The molecule has 2 N–H and O–H groups in total. The molecule has 0 saturated heterocycles. The normalized spacial score (nSPS) is 9.31. The number of nitrogens with zero attached hydrogens (tertiary/aromatic N) is 2. The van der Waals surface area contributed by atoms with E-state index in [0.29, 0.717) is 4.77 Å². The molecule has 0 aromatic carbocycles. The maximum atomic E-state index is 10.2. The summed E-state index contributed by atoms with van der Waals surface area (Å²) in [6.45, 7) is 0. The molecular formula is C7H8N4O2S3. The smallest absolute Gasteiger partial charge is 0.341 e. The van der Waals surface area contributed by atoms with Crippen molar-refractivity contribution < 1.29 is 4.92 Å². The van der Waals surface area contributed by atoms with Crippen LogP contribution >= 0.6 is 35.8 Å². The maximum absolute atomic E-state index is 10.2. The van der Waals surface area contributed by atoms with Crippen LogP contribution in [0.15, 0.2) is 17.8 Å². The minimum absolute atomic E-state index is 0.0231. The number of aromatic nitrogens is 3. The molecule has 2 aromatic heterocycles. The van der Waals surface area contributed by atoms with Gasteiger partial charge in [-0.05, 0) is 29.4 Å². The highest BCUT2D eigenvalue weighted by Crippen LogP contribution is 2.07. The highest BCUT2D eigenvalue weighted by molar-refractivity contribution is 7.73. The minimum atomic E-state index is -0.494. The molecule has 0 bridgehead atoms. The number of thiazole rings is 1. The number of hydrogen-bond acceptors (Lipinski definition) is 5. The summed E-state index contributed by atoms with van der Waals surface area (Å²) in [5, 5.41) is 12.1. The first-order valence-corrected chi connectivity index (χ1v) is 5.73. The van der Waals surface area contributed by atoms with E-state index in [9.17, 15) is 10.1 Å². The van der Waals surface area contributed by atoms with Gasteiger partial charge in [0.2, 0.25) is 0 Å². The van der Waals surface area contributed by atoms with Gasteiger partial charge in [-0.25, -0.2) is 4.57 Å². The van der Waals surface area contributed by atoms with Crippen LogP contribution in [-0.4, -0.2) is 19.5 Å². The predicted molar refractivity (Wildman–Crippen MR) is 66.8 cm³/mol. The molecule has 9 heteroatoms. The second-order valence-electron chi connectivity index (χ2n) is 2.62. The predicted octanol–water partition coefficient (Wildman–Crippen LogP) is 2.80. The van der Waals surface area contributed by atoms with E-state index in [0.717, 1.165) is 3.95 Å². The van der Waals surface area contributed by atoms with Crippen LogP contribution in [0.25, 0.3) is 0 Å². The summed E-state index contributed by atoms with van der Waals surface area (Å²) in [6.07, 6.45) is 3.09. The Hall–Kier alpha value is -1.32. The molecule has 0 atom stereocenters. The summed E-state index contributed by atoms with van der Waals surface area (Å²) < 4.78 is 2.50. The van der Waals surface area contributed by atoms with E-state index in [4.69, 9.17) is 24.4 Å². The van der Waals surface area contributed by atoms with Crippen molar-refractivity contribution in [2.45, 2.75) is 0 Å². The Balaban J connectivity index is 0.000000181. The van der Waals surface area contributed by atoms with Gasteiger partial charge in [-0.15, -0.1) is 11.3 Å². The molecule has 0 aliphatic rings. The van der Waals surface area contributed by atoms with Gasteiger partial charge in [-0.3, -0.25) is 0 Å². The zero-order valence-electron chi connectivity index (χ0n) is 8.17. The van der Waals surface area contributed by atoms with E-state index >= 15 is 0 Å². The van der Waals surface area contributed by atoms with Gasteiger partial charge in [0.1, 0.15) is 0 Å². The Bertz CT molecular complexity index is 562. The molecule has 0 unspecified atom stereocenters. The van der Waals surface area contributed by atoms with E-state index < -0.39 is 4.92 Å². The molecular weight excluding hydrogens is 268 g/mol. The molecule has 2 aromatic rings. The van der Waals surface area contributed by atoms with Gasteiger partial charge in [-0.2, -0.15) is 0 Å². The lowest BCUT2D eigenvalue weighted by atomic mass is 10.8. The number of nitrogens with one attached hydrogen (secondary N) is 2. The van der Waals surface area contributed by atoms with Crippen LogP contribution in [0, 0.1) is 18.8 Å². The van der Waals surface area contributed by atoms with Crippen LogP contribution in [0.4, 0.5) is 5.82 Å². The number of nitro groups is 1. The molecule has 0 fully saturated rings. The second kappa shape index (κ2) is 5.68. The van der Waals surface area contributed by atoms with Crippen molar-refractivity contribution in [3.63, 3.8) is 0 Å². The molecule has 0 radical (unpaired) electrons. The van der Waals surface area contributed by atoms with E-state index in [2.05, 4.69) is 9.97 Å². The summed E-state index contributed by atoms with van der Waals surface area (Å²) >= 11 is 10.9. The molecule has 0 amide bonds. The van der Waals surface area contributed by atoms with Crippen molar-refractivity contribution in [1.29, 1.82) is 0 Å². The van der Waals surface area contributed by atoms with Gasteiger partial charge in [0, 0.05) is 11.6 Å². The minimum Gasteiger partial charge on any atom is -0.358 e. The van der Waals surface area contributed by atoms with Crippen LogP contribution in [0.2, 0.25) is 0 Å². The van der Waals surface area contributed by atoms with Gasteiger partial charge in [0.25, 0.3) is 4.77 Å². The summed E-state index contributed by atoms with van der Waals surface area (Å²) in [4.78, 5) is 15.0. The molecule has 86 valence electrons. The maximum Gasteiger partial charge on any atom is 0.341 e. The fraction of sp³-hybridized carbons (Fsp3) is 0.143. The largest absolute Gasteiger partial charge is 0.358 e. The van der Waals surface area contributed by atoms with Crippen molar-refractivity contribution in [2.75, 3.05) is 0 Å². The van der Waals surface area contributed by atoms with E-state index in [1.54, 1.807) is 0 Å². The van der Waals surface area contributed by atoms with Crippen molar-refractivity contribution in [3.05, 3.63) is 36.6 Å². The van der Waals surface area contributed by atoms with Gasteiger partial charge in [0.15, 0.2) is 3.95 Å². The average molecular weight is 276 g/mol. The molecule has 0 aliphatic heterocycles. The fourth-order valence-electron chi connectivity index (χ4n) is 0.831. The van der Waals surface area contributed by atoms with Crippen LogP contribution in [-0.2, 0) is 7.05 Å². The van der Waals surface area contributed by atoms with Crippen molar-refractivity contribution in [2.24, 2.45) is 7.05 Å². The highest BCUT2D eigenvalue weighted by atomic mass is 32.1. The van der Waals surface area contributed by atoms with Crippen LogP contribution in [0.3, 0.4) is 0 Å². The van der Waals surface area contributed by atoms with E-state index in [1.807, 2.05) is 11.6 Å². The monoisotopic (exact) mass is 276 g/mol. The molecule has 16 heavy (non-hydrogen) atoms. The first-order chi connectivity index (χ1) is 7.52. The SMILES string of the molecule is Cn1c([N+](=O)[O-])c[nH]c1=S.S=c1[nH]ccs1. The quantitative estimate of drug-likeness (QED) is 0.477. The van der Waals surface area contributed by atoms with Crippen molar-refractivity contribution >= 4 is 41.6 Å². The average Bonchev–Trinajstić information content (AvgIpc) is 2.79. The number of H-pyrrole nitrogens is 2. The standard InChI is InChI=1S/C4H5N3O2S.C3H3NS2/c1-6-3(7(8)9)2-5-4(6)10;5-3-4-1-2-6-3/h2H,1H3,(H,5,10);1-2H,(H,4,5). The first kappa shape index (κ1) is 12.7. The third-order valence-electron chi connectivity index (χ3n) is 1.60. The molecule has 6 nitrogen and oxygen atoms in total. The van der Waals surface area contributed by atoms with Gasteiger partial charge in [0.05, 0.1) is 13.2 Å². The fourth-order valence-corrected chi connectivity index (χ4v) is 1.61. The lowest BCUT2D eigenvalue weighted by molar-refractivity contribution is -0.391. The van der Waals surface area contributed by atoms with E-state index in [-0.39, 0.29) is 5.82 Å². The van der Waals surface area contributed by atoms with Crippen molar-refractivity contribution in [3.8, 4) is 0 Å². The highest BCUT2D eigenvalue weighted by Gasteiger charge is 2.08. The van der Waals surface area contributed by atoms with Gasteiger partial charge < -0.3 is 20.1 Å². The summed E-state index contributed by atoms with van der Waals surface area (Å²) in [7, 11) is 1.54. The molecule has 0 saturated carbocycles. The zero-order chi connectivity index (χ0) is 12.1. The van der Waals surface area contributed by atoms with Gasteiger partial charge in [-0.1, -0.05) is 0 Å². The third kappa shape index (κ3) is 3.36. The molecule has 0 aliphatic carbocycles. The number of aromatic amines is 2. The Morgan fingerprint density at radius 2 is 2.19 bits per heavy atom. The topological polar surface area (TPSA) is 79.6 Å². The van der Waals surface area contributed by atoms with Gasteiger partial charge >= 0.3 is 5.82 Å². The lowest BCUT2D eigenvalue weighted by Crippen LogP contribution is -1.95. The van der Waals surface area contributed by atoms with E-state index in [1.165, 1.54) is 29.1 Å². The zero-order valence-corrected chi connectivity index (χ0v) is 10.6. The number of hydrogen-bond donors (Lipinski definition) is 2. The molecule has 2 heterocycles.